The first kappa shape index (κ1) is 14.1. The fourth-order valence-corrected chi connectivity index (χ4v) is 2.08. The summed E-state index contributed by atoms with van der Waals surface area (Å²) in [5, 5.41) is 4.55. The minimum atomic E-state index is 0.227. The molecule has 2 aromatic rings. The number of furan rings is 1. The Morgan fingerprint density at radius 2 is 2.05 bits per heavy atom. The molecule has 0 aliphatic carbocycles. The van der Waals surface area contributed by atoms with Gasteiger partial charge in [0.05, 0.1) is 19.3 Å². The van der Waals surface area contributed by atoms with Gasteiger partial charge in [0.2, 0.25) is 0 Å². The molecule has 0 saturated carbocycles. The van der Waals surface area contributed by atoms with Crippen LogP contribution in [0.2, 0.25) is 0 Å². The van der Waals surface area contributed by atoms with E-state index in [0.29, 0.717) is 6.61 Å². The third-order valence-electron chi connectivity index (χ3n) is 3.06. The van der Waals surface area contributed by atoms with Crippen LogP contribution in [0.3, 0.4) is 0 Å². The van der Waals surface area contributed by atoms with Crippen LogP contribution in [0.5, 0.6) is 0 Å². The Hall–Kier alpha value is -1.32. The summed E-state index contributed by atoms with van der Waals surface area (Å²) in [4.78, 5) is 0. The highest BCUT2D eigenvalue weighted by Crippen LogP contribution is 2.26. The van der Waals surface area contributed by atoms with E-state index in [4.69, 9.17) is 9.15 Å². The number of nitrogens with one attached hydrogen (secondary N) is 1. The molecule has 104 valence electrons. The fourth-order valence-electron chi connectivity index (χ4n) is 2.08. The van der Waals surface area contributed by atoms with Crippen LogP contribution in [0.1, 0.15) is 38.5 Å². The summed E-state index contributed by atoms with van der Waals surface area (Å²) < 4.78 is 11.7. The van der Waals surface area contributed by atoms with Crippen molar-refractivity contribution in [1.82, 2.24) is 5.32 Å². The van der Waals surface area contributed by atoms with Gasteiger partial charge in [0, 0.05) is 10.9 Å². The second-order valence-corrected chi connectivity index (χ2v) is 5.04. The number of benzene rings is 1. The predicted molar refractivity (Wildman–Crippen MR) is 78.1 cm³/mol. The van der Waals surface area contributed by atoms with Gasteiger partial charge < -0.3 is 14.5 Å². The van der Waals surface area contributed by atoms with Crippen LogP contribution in [0.15, 0.2) is 28.7 Å². The topological polar surface area (TPSA) is 34.4 Å². The van der Waals surface area contributed by atoms with E-state index in [-0.39, 0.29) is 6.10 Å². The average molecular weight is 261 g/mol. The zero-order valence-electron chi connectivity index (χ0n) is 12.0. The van der Waals surface area contributed by atoms with Gasteiger partial charge in [-0.15, -0.1) is 0 Å². The first-order valence-corrected chi connectivity index (χ1v) is 7.04. The number of hydrogen-bond donors (Lipinski definition) is 1. The summed E-state index contributed by atoms with van der Waals surface area (Å²) >= 11 is 0. The highest BCUT2D eigenvalue weighted by Gasteiger charge is 2.14. The smallest absolute Gasteiger partial charge is 0.134 e. The zero-order valence-corrected chi connectivity index (χ0v) is 12.0. The molecule has 1 heterocycles. The molecule has 1 aromatic carbocycles. The molecule has 0 radical (unpaired) electrons. The molecule has 2 rings (SSSR count). The van der Waals surface area contributed by atoms with Gasteiger partial charge in [-0.25, -0.2) is 0 Å². The molecule has 1 N–H and O–H groups in total. The minimum absolute atomic E-state index is 0.227. The Balaban J connectivity index is 2.23. The predicted octanol–water partition coefficient (Wildman–Crippen LogP) is 3.86. The van der Waals surface area contributed by atoms with Crippen LogP contribution in [0, 0.1) is 0 Å². The molecule has 0 atom stereocenters. The third-order valence-corrected chi connectivity index (χ3v) is 3.06. The Morgan fingerprint density at radius 3 is 2.79 bits per heavy atom. The molecule has 0 fully saturated rings. The van der Waals surface area contributed by atoms with E-state index in [9.17, 15) is 0 Å². The van der Waals surface area contributed by atoms with Crippen LogP contribution in [-0.4, -0.2) is 12.6 Å². The van der Waals surface area contributed by atoms with E-state index >= 15 is 0 Å². The van der Waals surface area contributed by atoms with Crippen LogP contribution >= 0.6 is 0 Å². The monoisotopic (exact) mass is 261 g/mol. The lowest BCUT2D eigenvalue weighted by Crippen LogP contribution is -2.14. The van der Waals surface area contributed by atoms with Gasteiger partial charge in [0.1, 0.15) is 11.3 Å². The van der Waals surface area contributed by atoms with E-state index in [2.05, 4.69) is 32.2 Å². The normalized spacial score (nSPS) is 11.6. The lowest BCUT2D eigenvalue weighted by molar-refractivity contribution is 0.0653. The van der Waals surface area contributed by atoms with Crippen molar-refractivity contribution in [3.05, 3.63) is 35.6 Å². The Kier molecular flexibility index (Phi) is 5.00. The van der Waals surface area contributed by atoms with Crippen LogP contribution in [0.4, 0.5) is 0 Å². The summed E-state index contributed by atoms with van der Waals surface area (Å²) in [6.07, 6.45) is 1.35. The van der Waals surface area contributed by atoms with E-state index in [0.717, 1.165) is 36.2 Å². The second-order valence-electron chi connectivity index (χ2n) is 5.04. The Bertz CT molecular complexity index is 516. The number of fused-ring (bicyclic) bond motifs is 1. The lowest BCUT2D eigenvalue weighted by atomic mass is 10.1. The van der Waals surface area contributed by atoms with E-state index in [1.807, 2.05) is 18.2 Å². The van der Waals surface area contributed by atoms with Crippen molar-refractivity contribution < 1.29 is 9.15 Å². The molecule has 0 bridgehead atoms. The number of rotatable bonds is 7. The summed E-state index contributed by atoms with van der Waals surface area (Å²) in [6, 6.07) is 8.15. The first-order chi connectivity index (χ1) is 9.22. The largest absolute Gasteiger partial charge is 0.459 e. The molecule has 1 aromatic heterocycles. The van der Waals surface area contributed by atoms with Crippen molar-refractivity contribution in [3.8, 4) is 0 Å². The van der Waals surface area contributed by atoms with Crippen molar-refractivity contribution in [2.75, 3.05) is 6.54 Å². The van der Waals surface area contributed by atoms with Gasteiger partial charge in [-0.2, -0.15) is 0 Å². The highest BCUT2D eigenvalue weighted by molar-refractivity contribution is 5.82. The number of ether oxygens (including phenoxy) is 1. The summed E-state index contributed by atoms with van der Waals surface area (Å²) in [6.45, 7) is 8.64. The van der Waals surface area contributed by atoms with Crippen LogP contribution in [-0.2, 0) is 17.9 Å². The third kappa shape index (κ3) is 3.58. The minimum Gasteiger partial charge on any atom is -0.459 e. The standard InChI is InChI=1S/C16H23NO2/c1-4-9-17-10-16-14(11-18-12(2)3)13-7-5-6-8-15(13)19-16/h5-8,12,17H,4,9-11H2,1-3H3. The molecule has 0 aliphatic heterocycles. The van der Waals surface area contributed by atoms with Gasteiger partial charge in [0.15, 0.2) is 0 Å². The molecule has 0 aliphatic rings. The van der Waals surface area contributed by atoms with Gasteiger partial charge in [-0.1, -0.05) is 25.1 Å². The zero-order chi connectivity index (χ0) is 13.7. The molecule has 3 heteroatoms. The van der Waals surface area contributed by atoms with E-state index in [1.54, 1.807) is 0 Å². The van der Waals surface area contributed by atoms with Crippen molar-refractivity contribution in [1.29, 1.82) is 0 Å². The number of hydrogen-bond acceptors (Lipinski definition) is 3. The van der Waals surface area contributed by atoms with Gasteiger partial charge in [-0.3, -0.25) is 0 Å². The Morgan fingerprint density at radius 1 is 1.26 bits per heavy atom. The molecule has 0 unspecified atom stereocenters. The van der Waals surface area contributed by atoms with E-state index in [1.165, 1.54) is 5.56 Å². The van der Waals surface area contributed by atoms with Gasteiger partial charge >= 0.3 is 0 Å². The van der Waals surface area contributed by atoms with Crippen molar-refractivity contribution in [2.24, 2.45) is 0 Å². The second kappa shape index (κ2) is 6.73. The Labute approximate surface area is 114 Å². The van der Waals surface area contributed by atoms with Crippen molar-refractivity contribution in [3.63, 3.8) is 0 Å². The van der Waals surface area contributed by atoms with Crippen molar-refractivity contribution in [2.45, 2.75) is 46.4 Å². The molecule has 3 nitrogen and oxygen atoms in total. The van der Waals surface area contributed by atoms with Crippen molar-refractivity contribution >= 4 is 11.0 Å². The van der Waals surface area contributed by atoms with Crippen LogP contribution in [0.25, 0.3) is 11.0 Å². The molecular weight excluding hydrogens is 238 g/mol. The van der Waals surface area contributed by atoms with Crippen LogP contribution < -0.4 is 5.32 Å². The molecule has 0 spiro atoms. The van der Waals surface area contributed by atoms with E-state index < -0.39 is 0 Å². The maximum Gasteiger partial charge on any atom is 0.134 e. The average Bonchev–Trinajstić information content (AvgIpc) is 2.74. The fraction of sp³-hybridized carbons (Fsp3) is 0.500. The molecule has 19 heavy (non-hydrogen) atoms. The quantitative estimate of drug-likeness (QED) is 0.769. The summed E-state index contributed by atoms with van der Waals surface area (Å²) in [5.41, 5.74) is 2.12. The molecular formula is C16H23NO2. The molecule has 0 saturated heterocycles. The maximum atomic E-state index is 5.94. The lowest BCUT2D eigenvalue weighted by Gasteiger charge is -2.08. The van der Waals surface area contributed by atoms with Gasteiger partial charge in [-0.05, 0) is 32.9 Å². The summed E-state index contributed by atoms with van der Waals surface area (Å²) in [5.74, 6) is 0.996. The first-order valence-electron chi connectivity index (χ1n) is 7.04. The van der Waals surface area contributed by atoms with Gasteiger partial charge in [0.25, 0.3) is 0 Å². The summed E-state index contributed by atoms with van der Waals surface area (Å²) in [7, 11) is 0. The SMILES string of the molecule is CCCNCc1oc2ccccc2c1COC(C)C. The maximum absolute atomic E-state index is 5.94. The molecule has 0 amide bonds. The number of para-hydroxylation sites is 1. The highest BCUT2D eigenvalue weighted by atomic mass is 16.5.